The molecule has 0 unspecified atom stereocenters. The minimum atomic E-state index is -0.806. The number of nitrogens with zero attached hydrogens (tertiary/aromatic N) is 3. The number of carbonyl (C=O) groups is 2. The van der Waals surface area contributed by atoms with E-state index in [4.69, 9.17) is 0 Å². The maximum absolute atomic E-state index is 12.7. The van der Waals surface area contributed by atoms with Gasteiger partial charge in [-0.05, 0) is 19.8 Å². The number of fused-ring (bicyclic) bond motifs is 1. The van der Waals surface area contributed by atoms with Gasteiger partial charge in [0, 0.05) is 49.9 Å². The summed E-state index contributed by atoms with van der Waals surface area (Å²) in [5.41, 5.74) is 0.209. The number of hydrogen-bond acceptors (Lipinski definition) is 5. The second-order valence-electron chi connectivity index (χ2n) is 7.89. The van der Waals surface area contributed by atoms with Crippen molar-refractivity contribution in [3.8, 4) is 0 Å². The lowest BCUT2D eigenvalue weighted by atomic mass is 9.81. The van der Waals surface area contributed by atoms with Gasteiger partial charge in [-0.2, -0.15) is 0 Å². The second-order valence-corrected chi connectivity index (χ2v) is 8.95. The number of hydrogen-bond donors (Lipinski definition) is 1. The minimum Gasteiger partial charge on any atom is -0.481 e. The van der Waals surface area contributed by atoms with Gasteiger partial charge >= 0.3 is 5.97 Å². The summed E-state index contributed by atoms with van der Waals surface area (Å²) < 4.78 is 0. The van der Waals surface area contributed by atoms with E-state index in [0.29, 0.717) is 26.2 Å². The molecule has 2 aliphatic heterocycles. The van der Waals surface area contributed by atoms with E-state index in [1.54, 1.807) is 11.3 Å². The molecular formula is C18H25N3O3S. The fraction of sp³-hybridized carbons (Fsp3) is 0.722. The molecule has 2 atom stereocenters. The summed E-state index contributed by atoms with van der Waals surface area (Å²) in [5, 5.41) is 13.0. The summed E-state index contributed by atoms with van der Waals surface area (Å²) in [5.74, 6) is -0.417. The first kappa shape index (κ1) is 17.0. The zero-order valence-corrected chi connectivity index (χ0v) is 15.4. The summed E-state index contributed by atoms with van der Waals surface area (Å²) >= 11 is 1.63. The number of thiazole rings is 1. The van der Waals surface area contributed by atoms with E-state index in [0.717, 1.165) is 42.9 Å². The number of aryl methyl sites for hydroxylation is 1. The Hall–Kier alpha value is -1.47. The molecule has 4 rings (SSSR count). The van der Waals surface area contributed by atoms with E-state index in [2.05, 4.69) is 9.88 Å². The fourth-order valence-electron chi connectivity index (χ4n) is 4.90. The molecule has 1 N–H and O–H groups in total. The Balaban J connectivity index is 1.46. The topological polar surface area (TPSA) is 73.7 Å². The Morgan fingerprint density at radius 1 is 1.32 bits per heavy atom. The van der Waals surface area contributed by atoms with Crippen LogP contribution in [0, 0.1) is 24.2 Å². The van der Waals surface area contributed by atoms with Crippen molar-refractivity contribution in [1.82, 2.24) is 14.8 Å². The summed E-state index contributed by atoms with van der Waals surface area (Å²) in [4.78, 5) is 33.4. The lowest BCUT2D eigenvalue weighted by molar-refractivity contribution is -0.149. The molecule has 3 fully saturated rings. The Bertz CT molecular complexity index is 685. The standard InChI is InChI=1S/C18H25N3O3S/c1-12-19-15(9-25-12)8-20-6-14-7-21(11-18(14,10-20)17(23)24)16(22)13-4-2-3-5-13/h9,13-14H,2-8,10-11H2,1H3,(H,23,24)/t14-,18-/m0/s1. The highest BCUT2D eigenvalue weighted by atomic mass is 32.1. The van der Waals surface area contributed by atoms with Crippen molar-refractivity contribution < 1.29 is 14.7 Å². The Kier molecular flexibility index (Phi) is 4.32. The van der Waals surface area contributed by atoms with Gasteiger partial charge in [-0.25, -0.2) is 4.98 Å². The number of carboxylic acid groups (broad SMARTS) is 1. The quantitative estimate of drug-likeness (QED) is 0.886. The molecule has 0 aromatic carbocycles. The van der Waals surface area contributed by atoms with Crippen molar-refractivity contribution in [3.63, 3.8) is 0 Å². The molecule has 1 saturated carbocycles. The number of likely N-dealkylation sites (tertiary alicyclic amines) is 2. The van der Waals surface area contributed by atoms with Crippen LogP contribution in [0.2, 0.25) is 0 Å². The molecule has 0 radical (unpaired) electrons. The molecule has 1 aliphatic carbocycles. The molecule has 1 amide bonds. The van der Waals surface area contributed by atoms with Gasteiger partial charge in [0.2, 0.25) is 5.91 Å². The van der Waals surface area contributed by atoms with Gasteiger partial charge in [-0.3, -0.25) is 14.5 Å². The maximum atomic E-state index is 12.7. The molecule has 6 nitrogen and oxygen atoms in total. The molecule has 1 aromatic rings. The monoisotopic (exact) mass is 363 g/mol. The highest BCUT2D eigenvalue weighted by Gasteiger charge is 2.58. The zero-order valence-electron chi connectivity index (χ0n) is 14.6. The molecule has 2 saturated heterocycles. The largest absolute Gasteiger partial charge is 0.481 e. The smallest absolute Gasteiger partial charge is 0.313 e. The summed E-state index contributed by atoms with van der Waals surface area (Å²) in [6.45, 7) is 4.89. The highest BCUT2D eigenvalue weighted by Crippen LogP contribution is 2.44. The van der Waals surface area contributed by atoms with Gasteiger partial charge in [-0.15, -0.1) is 11.3 Å². The first-order chi connectivity index (χ1) is 12.0. The van der Waals surface area contributed by atoms with E-state index >= 15 is 0 Å². The van der Waals surface area contributed by atoms with Crippen LogP contribution in [-0.4, -0.2) is 57.9 Å². The van der Waals surface area contributed by atoms with Crippen molar-refractivity contribution in [2.45, 2.75) is 39.2 Å². The normalized spacial score (nSPS) is 30.1. The fourth-order valence-corrected chi connectivity index (χ4v) is 5.50. The molecule has 1 aromatic heterocycles. The Morgan fingerprint density at radius 3 is 2.68 bits per heavy atom. The SMILES string of the molecule is Cc1nc(CN2C[C@H]3CN(C(=O)C4CCCC4)C[C@@]3(C(=O)O)C2)cs1. The third-order valence-electron chi connectivity index (χ3n) is 6.17. The number of rotatable bonds is 4. The lowest BCUT2D eigenvalue weighted by Gasteiger charge is -2.26. The van der Waals surface area contributed by atoms with Gasteiger partial charge in [0.25, 0.3) is 0 Å². The van der Waals surface area contributed by atoms with Crippen LogP contribution in [0.3, 0.4) is 0 Å². The van der Waals surface area contributed by atoms with E-state index in [-0.39, 0.29) is 17.7 Å². The average molecular weight is 363 g/mol. The molecule has 3 heterocycles. The second kappa shape index (κ2) is 6.36. The van der Waals surface area contributed by atoms with Crippen LogP contribution in [0.4, 0.5) is 0 Å². The molecule has 136 valence electrons. The van der Waals surface area contributed by atoms with Gasteiger partial charge in [-0.1, -0.05) is 12.8 Å². The molecule has 3 aliphatic rings. The first-order valence-corrected chi connectivity index (χ1v) is 10.0. The van der Waals surface area contributed by atoms with Crippen LogP contribution in [0.1, 0.15) is 36.4 Å². The zero-order chi connectivity index (χ0) is 17.6. The summed E-state index contributed by atoms with van der Waals surface area (Å²) in [6, 6.07) is 0. The van der Waals surface area contributed by atoms with E-state index in [9.17, 15) is 14.7 Å². The summed E-state index contributed by atoms with van der Waals surface area (Å²) in [7, 11) is 0. The van der Waals surface area contributed by atoms with Crippen LogP contribution in [0.15, 0.2) is 5.38 Å². The van der Waals surface area contributed by atoms with Gasteiger partial charge in [0.1, 0.15) is 5.41 Å². The number of amides is 1. The molecule has 7 heteroatoms. The van der Waals surface area contributed by atoms with E-state index < -0.39 is 11.4 Å². The molecule has 0 spiro atoms. The average Bonchev–Trinajstić information content (AvgIpc) is 3.30. The van der Waals surface area contributed by atoms with Crippen LogP contribution in [0.25, 0.3) is 0 Å². The highest BCUT2D eigenvalue weighted by molar-refractivity contribution is 7.09. The lowest BCUT2D eigenvalue weighted by Crippen LogP contribution is -2.43. The third-order valence-corrected chi connectivity index (χ3v) is 7.00. The van der Waals surface area contributed by atoms with E-state index in [1.807, 2.05) is 17.2 Å². The van der Waals surface area contributed by atoms with Crippen LogP contribution in [0.5, 0.6) is 0 Å². The van der Waals surface area contributed by atoms with E-state index in [1.165, 1.54) is 0 Å². The number of carboxylic acids is 1. The van der Waals surface area contributed by atoms with Crippen LogP contribution >= 0.6 is 11.3 Å². The van der Waals surface area contributed by atoms with Gasteiger partial charge < -0.3 is 10.0 Å². The van der Waals surface area contributed by atoms with Crippen molar-refractivity contribution in [2.75, 3.05) is 26.2 Å². The van der Waals surface area contributed by atoms with Crippen molar-refractivity contribution >= 4 is 23.2 Å². The van der Waals surface area contributed by atoms with Crippen molar-refractivity contribution in [1.29, 1.82) is 0 Å². The predicted molar refractivity (Wildman–Crippen MR) is 94.2 cm³/mol. The van der Waals surface area contributed by atoms with Gasteiger partial charge in [0.05, 0.1) is 10.7 Å². The van der Waals surface area contributed by atoms with Gasteiger partial charge in [0.15, 0.2) is 0 Å². The Labute approximate surface area is 151 Å². The number of aromatic nitrogens is 1. The Morgan fingerprint density at radius 2 is 2.08 bits per heavy atom. The van der Waals surface area contributed by atoms with Crippen LogP contribution in [-0.2, 0) is 16.1 Å². The van der Waals surface area contributed by atoms with Crippen LogP contribution < -0.4 is 0 Å². The first-order valence-electron chi connectivity index (χ1n) is 9.13. The number of carbonyl (C=O) groups excluding carboxylic acids is 1. The maximum Gasteiger partial charge on any atom is 0.313 e. The number of aliphatic carboxylic acids is 1. The predicted octanol–water partition coefficient (Wildman–Crippen LogP) is 1.99. The summed E-state index contributed by atoms with van der Waals surface area (Å²) in [6.07, 6.45) is 4.18. The van der Waals surface area contributed by atoms with Crippen molar-refractivity contribution in [2.24, 2.45) is 17.3 Å². The molecule has 0 bridgehead atoms. The third kappa shape index (κ3) is 2.97. The van der Waals surface area contributed by atoms with Crippen molar-refractivity contribution in [3.05, 3.63) is 16.1 Å². The minimum absolute atomic E-state index is 0.0232. The molecular weight excluding hydrogens is 338 g/mol. The molecule has 25 heavy (non-hydrogen) atoms.